The highest BCUT2D eigenvalue weighted by atomic mass is 19.1. The second-order valence-corrected chi connectivity index (χ2v) is 3.86. The Morgan fingerprint density at radius 1 is 1.00 bits per heavy atom. The van der Waals surface area contributed by atoms with E-state index in [-0.39, 0.29) is 17.5 Å². The van der Waals surface area contributed by atoms with Crippen molar-refractivity contribution in [3.63, 3.8) is 0 Å². The zero-order chi connectivity index (χ0) is 13.1. The highest BCUT2D eigenvalue weighted by Crippen LogP contribution is 2.26. The minimum absolute atomic E-state index is 0.127. The third kappa shape index (κ3) is 2.53. The van der Waals surface area contributed by atoms with E-state index < -0.39 is 17.6 Å². The quantitative estimate of drug-likeness (QED) is 0.905. The molecule has 0 heterocycles. The van der Waals surface area contributed by atoms with Crippen molar-refractivity contribution < 1.29 is 18.7 Å². The molecule has 0 saturated heterocycles. The number of benzene rings is 2. The number of carboxylic acid groups (broad SMARTS) is 1. The summed E-state index contributed by atoms with van der Waals surface area (Å²) in [4.78, 5) is 10.5. The SMILES string of the molecule is O=C(O)Cc1ccc(-c2ccccc2F)c(F)c1. The number of aliphatic carboxylic acids is 1. The van der Waals surface area contributed by atoms with Crippen molar-refractivity contribution in [3.05, 3.63) is 59.7 Å². The molecule has 4 heteroatoms. The zero-order valence-electron chi connectivity index (χ0n) is 9.36. The second kappa shape index (κ2) is 4.96. The minimum Gasteiger partial charge on any atom is -0.481 e. The monoisotopic (exact) mass is 248 g/mol. The van der Waals surface area contributed by atoms with E-state index in [1.807, 2.05) is 0 Å². The molecule has 0 bridgehead atoms. The highest BCUT2D eigenvalue weighted by molar-refractivity contribution is 5.71. The Labute approximate surface area is 103 Å². The van der Waals surface area contributed by atoms with Gasteiger partial charge in [-0.3, -0.25) is 4.79 Å². The third-order valence-corrected chi connectivity index (χ3v) is 2.55. The fraction of sp³-hybridized carbons (Fsp3) is 0.0714. The Hall–Kier alpha value is -2.23. The number of hydrogen-bond donors (Lipinski definition) is 1. The maximum absolute atomic E-state index is 13.8. The average Bonchev–Trinajstić information content (AvgIpc) is 2.30. The van der Waals surface area contributed by atoms with E-state index in [0.29, 0.717) is 5.56 Å². The van der Waals surface area contributed by atoms with Crippen molar-refractivity contribution >= 4 is 5.97 Å². The van der Waals surface area contributed by atoms with E-state index in [9.17, 15) is 13.6 Å². The molecule has 0 radical (unpaired) electrons. The molecule has 0 amide bonds. The summed E-state index contributed by atoms with van der Waals surface area (Å²) in [6.45, 7) is 0. The first-order valence-corrected chi connectivity index (χ1v) is 5.33. The van der Waals surface area contributed by atoms with Gasteiger partial charge < -0.3 is 5.11 Å². The van der Waals surface area contributed by atoms with Crippen LogP contribution in [0.4, 0.5) is 8.78 Å². The van der Waals surface area contributed by atoms with Gasteiger partial charge in [-0.25, -0.2) is 8.78 Å². The Morgan fingerprint density at radius 3 is 2.28 bits per heavy atom. The van der Waals surface area contributed by atoms with E-state index in [0.717, 1.165) is 6.07 Å². The summed E-state index contributed by atoms with van der Waals surface area (Å²) < 4.78 is 27.3. The topological polar surface area (TPSA) is 37.3 Å². The molecular weight excluding hydrogens is 238 g/mol. The van der Waals surface area contributed by atoms with Gasteiger partial charge >= 0.3 is 5.97 Å². The smallest absolute Gasteiger partial charge is 0.307 e. The van der Waals surface area contributed by atoms with Crippen LogP contribution in [0.15, 0.2) is 42.5 Å². The van der Waals surface area contributed by atoms with Crippen LogP contribution in [0.3, 0.4) is 0 Å². The van der Waals surface area contributed by atoms with Crippen LogP contribution < -0.4 is 0 Å². The zero-order valence-corrected chi connectivity index (χ0v) is 9.36. The van der Waals surface area contributed by atoms with Gasteiger partial charge in [-0.2, -0.15) is 0 Å². The lowest BCUT2D eigenvalue weighted by Gasteiger charge is -2.06. The molecule has 18 heavy (non-hydrogen) atoms. The van der Waals surface area contributed by atoms with E-state index in [1.54, 1.807) is 6.07 Å². The van der Waals surface area contributed by atoms with Crippen LogP contribution in [0.25, 0.3) is 11.1 Å². The molecule has 0 aromatic heterocycles. The molecule has 0 fully saturated rings. The summed E-state index contributed by atoms with van der Waals surface area (Å²) in [5.41, 5.74) is 0.638. The molecule has 0 unspecified atom stereocenters. The first kappa shape index (κ1) is 12.2. The molecule has 0 aliphatic heterocycles. The van der Waals surface area contributed by atoms with Gasteiger partial charge in [0.15, 0.2) is 0 Å². The van der Waals surface area contributed by atoms with Crippen molar-refractivity contribution in [2.24, 2.45) is 0 Å². The van der Waals surface area contributed by atoms with Crippen LogP contribution >= 0.6 is 0 Å². The van der Waals surface area contributed by atoms with Crippen molar-refractivity contribution in [2.45, 2.75) is 6.42 Å². The average molecular weight is 248 g/mol. The second-order valence-electron chi connectivity index (χ2n) is 3.86. The van der Waals surface area contributed by atoms with Gasteiger partial charge in [0.2, 0.25) is 0 Å². The van der Waals surface area contributed by atoms with Crippen LogP contribution in [-0.2, 0) is 11.2 Å². The maximum atomic E-state index is 13.8. The van der Waals surface area contributed by atoms with Gasteiger partial charge in [-0.05, 0) is 17.7 Å². The molecule has 2 aromatic carbocycles. The Kier molecular flexibility index (Phi) is 3.37. The van der Waals surface area contributed by atoms with Crippen molar-refractivity contribution in [1.29, 1.82) is 0 Å². The summed E-state index contributed by atoms with van der Waals surface area (Å²) in [6, 6.07) is 9.87. The summed E-state index contributed by atoms with van der Waals surface area (Å²) in [5, 5.41) is 8.61. The van der Waals surface area contributed by atoms with Gasteiger partial charge in [0.1, 0.15) is 11.6 Å². The standard InChI is InChI=1S/C14H10F2O2/c15-12-4-2-1-3-10(12)11-6-5-9(7-13(11)16)8-14(17)18/h1-7H,8H2,(H,17,18). The summed E-state index contributed by atoms with van der Waals surface area (Å²) in [5.74, 6) is -2.17. The molecule has 0 spiro atoms. The minimum atomic E-state index is -1.03. The van der Waals surface area contributed by atoms with Crippen LogP contribution in [0.1, 0.15) is 5.56 Å². The lowest BCUT2D eigenvalue weighted by Crippen LogP contribution is -2.00. The molecule has 1 N–H and O–H groups in total. The fourth-order valence-corrected chi connectivity index (χ4v) is 1.74. The Bertz CT molecular complexity index is 594. The van der Waals surface area contributed by atoms with Gasteiger partial charge in [-0.1, -0.05) is 30.3 Å². The third-order valence-electron chi connectivity index (χ3n) is 2.55. The predicted molar refractivity (Wildman–Crippen MR) is 63.1 cm³/mol. The van der Waals surface area contributed by atoms with E-state index in [4.69, 9.17) is 5.11 Å². The number of carboxylic acids is 1. The van der Waals surface area contributed by atoms with Gasteiger partial charge in [0, 0.05) is 11.1 Å². The number of rotatable bonds is 3. The first-order chi connectivity index (χ1) is 8.58. The molecule has 0 atom stereocenters. The molecule has 2 nitrogen and oxygen atoms in total. The Balaban J connectivity index is 2.42. The molecule has 92 valence electrons. The van der Waals surface area contributed by atoms with Crippen LogP contribution in [0.5, 0.6) is 0 Å². The largest absolute Gasteiger partial charge is 0.481 e. The molecule has 2 aromatic rings. The summed E-state index contributed by atoms with van der Waals surface area (Å²) in [7, 11) is 0. The van der Waals surface area contributed by atoms with Gasteiger partial charge in [-0.15, -0.1) is 0 Å². The van der Waals surface area contributed by atoms with Crippen molar-refractivity contribution in [1.82, 2.24) is 0 Å². The maximum Gasteiger partial charge on any atom is 0.307 e. The van der Waals surface area contributed by atoms with Gasteiger partial charge in [0.05, 0.1) is 6.42 Å². The summed E-state index contributed by atoms with van der Waals surface area (Å²) in [6.07, 6.45) is -0.255. The van der Waals surface area contributed by atoms with Crippen LogP contribution in [-0.4, -0.2) is 11.1 Å². The van der Waals surface area contributed by atoms with Crippen LogP contribution in [0.2, 0.25) is 0 Å². The number of hydrogen-bond acceptors (Lipinski definition) is 1. The fourth-order valence-electron chi connectivity index (χ4n) is 1.74. The lowest BCUT2D eigenvalue weighted by atomic mass is 10.0. The van der Waals surface area contributed by atoms with E-state index in [2.05, 4.69) is 0 Å². The summed E-state index contributed by atoms with van der Waals surface area (Å²) >= 11 is 0. The molecule has 2 rings (SSSR count). The Morgan fingerprint density at radius 2 is 1.67 bits per heavy atom. The molecular formula is C14H10F2O2. The number of carbonyl (C=O) groups is 1. The van der Waals surface area contributed by atoms with Crippen LogP contribution in [0, 0.1) is 11.6 Å². The first-order valence-electron chi connectivity index (χ1n) is 5.33. The van der Waals surface area contributed by atoms with Crippen molar-refractivity contribution in [3.8, 4) is 11.1 Å². The van der Waals surface area contributed by atoms with E-state index >= 15 is 0 Å². The number of halogens is 2. The predicted octanol–water partition coefficient (Wildman–Crippen LogP) is 3.26. The van der Waals surface area contributed by atoms with Gasteiger partial charge in [0.25, 0.3) is 0 Å². The lowest BCUT2D eigenvalue weighted by molar-refractivity contribution is -0.136. The molecule has 0 aliphatic rings. The normalized spacial score (nSPS) is 10.3. The highest BCUT2D eigenvalue weighted by Gasteiger charge is 2.11. The van der Waals surface area contributed by atoms with E-state index in [1.165, 1.54) is 30.3 Å². The van der Waals surface area contributed by atoms with Crippen molar-refractivity contribution in [2.75, 3.05) is 0 Å². The molecule has 0 aliphatic carbocycles. The molecule has 0 saturated carbocycles.